The number of thiophene rings is 1. The predicted molar refractivity (Wildman–Crippen MR) is 69.9 cm³/mol. The lowest BCUT2D eigenvalue weighted by atomic mass is 10.3. The molecule has 2 heterocycles. The zero-order chi connectivity index (χ0) is 13.0. The Balaban J connectivity index is 1.75. The van der Waals surface area contributed by atoms with Crippen molar-refractivity contribution in [2.75, 3.05) is 6.54 Å². The Hall–Kier alpha value is -1.66. The largest absolute Gasteiger partial charge is 0.478 e. The van der Waals surface area contributed by atoms with Gasteiger partial charge in [0, 0.05) is 48.7 Å². The number of aromatic carboxylic acids is 1. The third-order valence-corrected chi connectivity index (χ3v) is 3.62. The molecule has 2 aromatic rings. The fraction of sp³-hybridized carbons (Fsp3) is 0.333. The minimum absolute atomic E-state index is 0.364. The molecule has 6 heteroatoms. The Kier molecular flexibility index (Phi) is 4.11. The van der Waals surface area contributed by atoms with Crippen LogP contribution < -0.4 is 5.32 Å². The van der Waals surface area contributed by atoms with Crippen molar-refractivity contribution in [2.24, 2.45) is 7.05 Å². The van der Waals surface area contributed by atoms with Gasteiger partial charge in [0.15, 0.2) is 0 Å². The summed E-state index contributed by atoms with van der Waals surface area (Å²) >= 11 is 1.47. The zero-order valence-corrected chi connectivity index (χ0v) is 10.9. The van der Waals surface area contributed by atoms with Crippen LogP contribution in [0.15, 0.2) is 23.7 Å². The summed E-state index contributed by atoms with van der Waals surface area (Å²) in [6.07, 6.45) is 2.70. The van der Waals surface area contributed by atoms with E-state index in [1.807, 2.05) is 17.8 Å². The summed E-state index contributed by atoms with van der Waals surface area (Å²) in [5.74, 6) is -0.868. The lowest BCUT2D eigenvalue weighted by molar-refractivity contribution is 0.0697. The predicted octanol–water partition coefficient (Wildman–Crippen LogP) is 1.51. The molecule has 5 nitrogen and oxygen atoms in total. The highest BCUT2D eigenvalue weighted by atomic mass is 32.1. The normalized spacial score (nSPS) is 10.7. The highest BCUT2D eigenvalue weighted by Crippen LogP contribution is 2.14. The van der Waals surface area contributed by atoms with Crippen LogP contribution in [0.1, 0.15) is 20.9 Å². The molecule has 0 unspecified atom stereocenters. The van der Waals surface area contributed by atoms with Gasteiger partial charge in [0.25, 0.3) is 0 Å². The molecular formula is C12H15N3O2S. The van der Waals surface area contributed by atoms with E-state index in [1.165, 1.54) is 17.0 Å². The van der Waals surface area contributed by atoms with E-state index >= 15 is 0 Å². The van der Waals surface area contributed by atoms with E-state index in [2.05, 4.69) is 10.4 Å². The van der Waals surface area contributed by atoms with Crippen molar-refractivity contribution in [3.05, 3.63) is 39.8 Å². The number of carboxylic acids is 1. The van der Waals surface area contributed by atoms with E-state index in [4.69, 9.17) is 5.11 Å². The highest BCUT2D eigenvalue weighted by Gasteiger charge is 2.06. The second kappa shape index (κ2) is 5.79. The van der Waals surface area contributed by atoms with E-state index in [9.17, 15) is 4.79 Å². The molecule has 0 aliphatic heterocycles. The van der Waals surface area contributed by atoms with Crippen LogP contribution in [0, 0.1) is 0 Å². The molecule has 0 aliphatic carbocycles. The van der Waals surface area contributed by atoms with Crippen LogP contribution in [0.5, 0.6) is 0 Å². The molecular weight excluding hydrogens is 250 g/mol. The van der Waals surface area contributed by atoms with Gasteiger partial charge < -0.3 is 10.4 Å². The molecule has 0 spiro atoms. The number of hydrogen-bond acceptors (Lipinski definition) is 4. The maximum atomic E-state index is 10.7. The van der Waals surface area contributed by atoms with Gasteiger partial charge in [0.1, 0.15) is 0 Å². The van der Waals surface area contributed by atoms with E-state index < -0.39 is 5.97 Å². The second-order valence-electron chi connectivity index (χ2n) is 3.98. The Bertz CT molecular complexity index is 533. The minimum atomic E-state index is -0.868. The monoisotopic (exact) mass is 265 g/mol. The number of carbonyl (C=O) groups is 1. The SMILES string of the molecule is Cn1nccc1CCNCc1cc(C(=O)O)cs1. The maximum absolute atomic E-state index is 10.7. The van der Waals surface area contributed by atoms with E-state index in [0.717, 1.165) is 17.8 Å². The number of aromatic nitrogens is 2. The van der Waals surface area contributed by atoms with Crippen molar-refractivity contribution in [3.63, 3.8) is 0 Å². The van der Waals surface area contributed by atoms with Crippen LogP contribution in [0.4, 0.5) is 0 Å². The number of nitrogens with zero attached hydrogens (tertiary/aromatic N) is 2. The van der Waals surface area contributed by atoms with Crippen LogP contribution in [0.2, 0.25) is 0 Å². The third kappa shape index (κ3) is 3.18. The van der Waals surface area contributed by atoms with Gasteiger partial charge in [-0.1, -0.05) is 0 Å². The van der Waals surface area contributed by atoms with Gasteiger partial charge in [-0.2, -0.15) is 5.10 Å². The molecule has 0 aliphatic rings. The van der Waals surface area contributed by atoms with Crippen LogP contribution in [-0.2, 0) is 20.0 Å². The van der Waals surface area contributed by atoms with Gasteiger partial charge >= 0.3 is 5.97 Å². The van der Waals surface area contributed by atoms with Crippen molar-refractivity contribution >= 4 is 17.3 Å². The van der Waals surface area contributed by atoms with Crippen LogP contribution in [0.3, 0.4) is 0 Å². The summed E-state index contributed by atoms with van der Waals surface area (Å²) in [5.41, 5.74) is 1.54. The highest BCUT2D eigenvalue weighted by molar-refractivity contribution is 7.10. The molecule has 2 N–H and O–H groups in total. The molecule has 0 saturated heterocycles. The topological polar surface area (TPSA) is 67.2 Å². The summed E-state index contributed by atoms with van der Waals surface area (Å²) in [5, 5.41) is 17.9. The summed E-state index contributed by atoms with van der Waals surface area (Å²) in [4.78, 5) is 11.8. The van der Waals surface area contributed by atoms with E-state index in [0.29, 0.717) is 12.1 Å². The first kappa shape index (κ1) is 12.8. The van der Waals surface area contributed by atoms with Gasteiger partial charge in [0.05, 0.1) is 5.56 Å². The number of carboxylic acid groups (broad SMARTS) is 1. The molecule has 0 aromatic carbocycles. The number of nitrogens with one attached hydrogen (secondary N) is 1. The fourth-order valence-corrected chi connectivity index (χ4v) is 2.49. The standard InChI is InChI=1S/C12H15N3O2S/c1-15-10(3-5-14-15)2-4-13-7-11-6-9(8-18-11)12(16)17/h3,5-6,8,13H,2,4,7H2,1H3,(H,16,17). The van der Waals surface area contributed by atoms with Crippen LogP contribution in [0.25, 0.3) is 0 Å². The fourth-order valence-electron chi connectivity index (χ4n) is 1.66. The lowest BCUT2D eigenvalue weighted by Gasteiger charge is -2.03. The van der Waals surface area contributed by atoms with Gasteiger partial charge in [-0.3, -0.25) is 4.68 Å². The molecule has 0 atom stereocenters. The number of rotatable bonds is 6. The zero-order valence-electron chi connectivity index (χ0n) is 10.1. The molecule has 2 rings (SSSR count). The lowest BCUT2D eigenvalue weighted by Crippen LogP contribution is -2.17. The van der Waals surface area contributed by atoms with Gasteiger partial charge in [-0.25, -0.2) is 4.79 Å². The van der Waals surface area contributed by atoms with Crippen LogP contribution in [-0.4, -0.2) is 27.4 Å². The first-order chi connectivity index (χ1) is 8.66. The van der Waals surface area contributed by atoms with Crippen molar-refractivity contribution in [1.29, 1.82) is 0 Å². The molecule has 96 valence electrons. The van der Waals surface area contributed by atoms with Gasteiger partial charge in [-0.15, -0.1) is 11.3 Å². The maximum Gasteiger partial charge on any atom is 0.336 e. The summed E-state index contributed by atoms with van der Waals surface area (Å²) in [6, 6.07) is 3.71. The van der Waals surface area contributed by atoms with E-state index in [-0.39, 0.29) is 0 Å². The average molecular weight is 265 g/mol. The molecule has 0 saturated carbocycles. The molecule has 0 amide bonds. The Morgan fingerprint density at radius 2 is 2.44 bits per heavy atom. The van der Waals surface area contributed by atoms with Gasteiger partial charge in [0.2, 0.25) is 0 Å². The summed E-state index contributed by atoms with van der Waals surface area (Å²) in [7, 11) is 1.92. The Labute approximate surface area is 109 Å². The first-order valence-corrected chi connectivity index (χ1v) is 6.53. The number of hydrogen-bond donors (Lipinski definition) is 2. The molecule has 2 aromatic heterocycles. The Morgan fingerprint density at radius 3 is 3.06 bits per heavy atom. The minimum Gasteiger partial charge on any atom is -0.478 e. The molecule has 0 bridgehead atoms. The smallest absolute Gasteiger partial charge is 0.336 e. The average Bonchev–Trinajstić information content (AvgIpc) is 2.94. The molecule has 18 heavy (non-hydrogen) atoms. The van der Waals surface area contributed by atoms with Gasteiger partial charge in [-0.05, 0) is 12.1 Å². The van der Waals surface area contributed by atoms with Crippen molar-refractivity contribution < 1.29 is 9.90 Å². The van der Waals surface area contributed by atoms with E-state index in [1.54, 1.807) is 17.6 Å². The van der Waals surface area contributed by atoms with Crippen molar-refractivity contribution in [3.8, 4) is 0 Å². The quantitative estimate of drug-likeness (QED) is 0.777. The summed E-state index contributed by atoms with van der Waals surface area (Å²) < 4.78 is 1.86. The van der Waals surface area contributed by atoms with Crippen molar-refractivity contribution in [1.82, 2.24) is 15.1 Å². The third-order valence-electron chi connectivity index (χ3n) is 2.68. The second-order valence-corrected chi connectivity index (χ2v) is 4.98. The number of aryl methyl sites for hydroxylation is 1. The first-order valence-electron chi connectivity index (χ1n) is 5.65. The molecule has 0 fully saturated rings. The summed E-state index contributed by atoms with van der Waals surface area (Å²) in [6.45, 7) is 1.55. The van der Waals surface area contributed by atoms with Crippen LogP contribution >= 0.6 is 11.3 Å². The Morgan fingerprint density at radius 1 is 1.61 bits per heavy atom. The van der Waals surface area contributed by atoms with Crippen molar-refractivity contribution in [2.45, 2.75) is 13.0 Å². The molecule has 0 radical (unpaired) electrons.